The van der Waals surface area contributed by atoms with Crippen LogP contribution >= 0.6 is 0 Å². The Morgan fingerprint density at radius 1 is 1.57 bits per heavy atom. The summed E-state index contributed by atoms with van der Waals surface area (Å²) in [7, 11) is 1.87. The smallest absolute Gasteiger partial charge is 0.244 e. The van der Waals surface area contributed by atoms with Crippen molar-refractivity contribution in [3.63, 3.8) is 0 Å². The molecule has 0 aromatic heterocycles. The van der Waals surface area contributed by atoms with Gasteiger partial charge in [-0.3, -0.25) is 4.79 Å². The second kappa shape index (κ2) is 3.39. The van der Waals surface area contributed by atoms with Crippen LogP contribution in [0.2, 0.25) is 0 Å². The summed E-state index contributed by atoms with van der Waals surface area (Å²) >= 11 is 0. The summed E-state index contributed by atoms with van der Waals surface area (Å²) in [5, 5.41) is 3.40. The van der Waals surface area contributed by atoms with E-state index in [1.807, 2.05) is 7.05 Å². The minimum Gasteiger partial charge on any atom is -0.342 e. The van der Waals surface area contributed by atoms with Crippen molar-refractivity contribution in [2.24, 2.45) is 0 Å². The van der Waals surface area contributed by atoms with E-state index in [1.165, 1.54) is 5.57 Å². The highest BCUT2D eigenvalue weighted by Gasteiger charge is 2.49. The molecule has 0 radical (unpaired) electrons. The van der Waals surface area contributed by atoms with E-state index in [-0.39, 0.29) is 11.4 Å². The van der Waals surface area contributed by atoms with Gasteiger partial charge in [0.15, 0.2) is 0 Å². The SMILES string of the molecule is C/C1=C\CCNC2(CC1)CN(C)C2=O. The molecule has 0 aromatic rings. The zero-order chi connectivity index (χ0) is 10.2. The molecule has 1 atom stereocenters. The zero-order valence-corrected chi connectivity index (χ0v) is 8.97. The van der Waals surface area contributed by atoms with Crippen LogP contribution in [0.25, 0.3) is 0 Å². The normalized spacial score (nSPS) is 37.1. The average molecular weight is 194 g/mol. The van der Waals surface area contributed by atoms with Crippen molar-refractivity contribution >= 4 is 5.91 Å². The largest absolute Gasteiger partial charge is 0.342 e. The van der Waals surface area contributed by atoms with Gasteiger partial charge in [0.2, 0.25) is 5.91 Å². The average Bonchev–Trinajstić information content (AvgIpc) is 2.16. The van der Waals surface area contributed by atoms with Crippen molar-refractivity contribution in [1.82, 2.24) is 10.2 Å². The molecule has 0 bridgehead atoms. The second-order valence-electron chi connectivity index (χ2n) is 4.51. The molecule has 3 nitrogen and oxygen atoms in total. The molecule has 1 amide bonds. The Labute approximate surface area is 85.2 Å². The standard InChI is InChI=1S/C11H18N2O/c1-9-4-3-7-12-11(6-5-9)8-13(2)10(11)14/h4,12H,3,5-8H2,1-2H3/b9-4+. The molecule has 2 rings (SSSR count). The predicted octanol–water partition coefficient (Wildman–Crippen LogP) is 0.917. The van der Waals surface area contributed by atoms with Crippen molar-refractivity contribution in [1.29, 1.82) is 0 Å². The molecule has 2 heterocycles. The van der Waals surface area contributed by atoms with Crippen molar-refractivity contribution in [2.45, 2.75) is 31.7 Å². The first kappa shape index (κ1) is 9.71. The van der Waals surface area contributed by atoms with Gasteiger partial charge in [-0.1, -0.05) is 11.6 Å². The Bertz CT molecular complexity index is 285. The third kappa shape index (κ3) is 1.46. The lowest BCUT2D eigenvalue weighted by molar-refractivity contribution is -0.151. The van der Waals surface area contributed by atoms with E-state index in [9.17, 15) is 4.79 Å². The molecule has 0 saturated carbocycles. The fourth-order valence-electron chi connectivity index (χ4n) is 2.37. The molecule has 0 aliphatic carbocycles. The summed E-state index contributed by atoms with van der Waals surface area (Å²) in [6.45, 7) is 3.96. The molecule has 1 N–H and O–H groups in total. The Hall–Kier alpha value is -0.830. The van der Waals surface area contributed by atoms with E-state index in [4.69, 9.17) is 0 Å². The molecule has 1 unspecified atom stereocenters. The molecule has 0 aromatic carbocycles. The van der Waals surface area contributed by atoms with Crippen LogP contribution in [0.5, 0.6) is 0 Å². The number of nitrogens with one attached hydrogen (secondary N) is 1. The molecule has 14 heavy (non-hydrogen) atoms. The molecule has 3 heteroatoms. The van der Waals surface area contributed by atoms with Gasteiger partial charge in [0.1, 0.15) is 5.54 Å². The highest BCUT2D eigenvalue weighted by molar-refractivity contribution is 5.92. The Balaban J connectivity index is 2.07. The fraction of sp³-hybridized carbons (Fsp3) is 0.727. The molecular formula is C11H18N2O. The van der Waals surface area contributed by atoms with Crippen LogP contribution in [0.1, 0.15) is 26.2 Å². The first-order valence-corrected chi connectivity index (χ1v) is 5.30. The summed E-state index contributed by atoms with van der Waals surface area (Å²) in [6.07, 6.45) is 5.32. The molecule has 1 saturated heterocycles. The quantitative estimate of drug-likeness (QED) is 0.459. The number of rotatable bonds is 0. The maximum atomic E-state index is 11.8. The van der Waals surface area contributed by atoms with E-state index >= 15 is 0 Å². The van der Waals surface area contributed by atoms with E-state index in [2.05, 4.69) is 18.3 Å². The van der Waals surface area contributed by atoms with Gasteiger partial charge in [-0.2, -0.15) is 0 Å². The van der Waals surface area contributed by atoms with Gasteiger partial charge in [0.25, 0.3) is 0 Å². The molecule has 1 fully saturated rings. The summed E-state index contributed by atoms with van der Waals surface area (Å²) in [5.41, 5.74) is 1.21. The van der Waals surface area contributed by atoms with Gasteiger partial charge in [-0.05, 0) is 32.7 Å². The maximum Gasteiger partial charge on any atom is 0.244 e. The topological polar surface area (TPSA) is 32.3 Å². The maximum absolute atomic E-state index is 11.8. The van der Waals surface area contributed by atoms with E-state index in [0.29, 0.717) is 0 Å². The lowest BCUT2D eigenvalue weighted by Crippen LogP contribution is -2.72. The van der Waals surface area contributed by atoms with E-state index in [1.54, 1.807) is 4.90 Å². The second-order valence-corrected chi connectivity index (χ2v) is 4.51. The number of carbonyl (C=O) groups excluding carboxylic acids is 1. The van der Waals surface area contributed by atoms with Crippen molar-refractivity contribution in [2.75, 3.05) is 20.1 Å². The monoisotopic (exact) mass is 194 g/mol. The lowest BCUT2D eigenvalue weighted by Gasteiger charge is -2.48. The van der Waals surface area contributed by atoms with Crippen LogP contribution in [0, 0.1) is 0 Å². The summed E-state index contributed by atoms with van der Waals surface area (Å²) in [5.74, 6) is 0.271. The minimum atomic E-state index is -0.218. The number of allylic oxidation sites excluding steroid dienone is 1. The molecular weight excluding hydrogens is 176 g/mol. The van der Waals surface area contributed by atoms with Gasteiger partial charge in [0.05, 0.1) is 0 Å². The number of β-lactam (4-membered cyclic amide) rings is 1. The van der Waals surface area contributed by atoms with Gasteiger partial charge in [-0.15, -0.1) is 0 Å². The van der Waals surface area contributed by atoms with Gasteiger partial charge >= 0.3 is 0 Å². The number of likely N-dealkylation sites (tertiary alicyclic amines) is 1. The van der Waals surface area contributed by atoms with E-state index in [0.717, 1.165) is 32.4 Å². The van der Waals surface area contributed by atoms with Gasteiger partial charge < -0.3 is 10.2 Å². The van der Waals surface area contributed by atoms with Crippen LogP contribution < -0.4 is 5.32 Å². The summed E-state index contributed by atoms with van der Waals surface area (Å²) in [6, 6.07) is 0. The summed E-state index contributed by atoms with van der Waals surface area (Å²) < 4.78 is 0. The molecule has 2 aliphatic rings. The van der Waals surface area contributed by atoms with Crippen LogP contribution in [-0.2, 0) is 4.79 Å². The summed E-state index contributed by atoms with van der Waals surface area (Å²) in [4.78, 5) is 13.6. The number of hydrogen-bond donors (Lipinski definition) is 1. The van der Waals surface area contributed by atoms with Crippen molar-refractivity contribution < 1.29 is 4.79 Å². The molecule has 78 valence electrons. The number of hydrogen-bond acceptors (Lipinski definition) is 2. The third-order valence-electron chi connectivity index (χ3n) is 3.31. The van der Waals surface area contributed by atoms with E-state index < -0.39 is 0 Å². The van der Waals surface area contributed by atoms with Gasteiger partial charge in [-0.25, -0.2) is 0 Å². The van der Waals surface area contributed by atoms with Crippen LogP contribution in [0.3, 0.4) is 0 Å². The Morgan fingerprint density at radius 3 is 3.00 bits per heavy atom. The Morgan fingerprint density at radius 2 is 2.36 bits per heavy atom. The third-order valence-corrected chi connectivity index (χ3v) is 3.31. The minimum absolute atomic E-state index is 0.218. The number of amides is 1. The highest BCUT2D eigenvalue weighted by Crippen LogP contribution is 2.29. The number of nitrogens with zero attached hydrogens (tertiary/aromatic N) is 1. The lowest BCUT2D eigenvalue weighted by atomic mass is 9.82. The molecule has 1 spiro atoms. The zero-order valence-electron chi connectivity index (χ0n) is 8.97. The highest BCUT2D eigenvalue weighted by atomic mass is 16.2. The van der Waals surface area contributed by atoms with Gasteiger partial charge in [0, 0.05) is 13.6 Å². The number of carbonyl (C=O) groups is 1. The first-order chi connectivity index (χ1) is 6.64. The first-order valence-electron chi connectivity index (χ1n) is 5.30. The molecule has 2 aliphatic heterocycles. The van der Waals surface area contributed by atoms with Crippen LogP contribution in [0.15, 0.2) is 11.6 Å². The predicted molar refractivity (Wildman–Crippen MR) is 56.0 cm³/mol. The van der Waals surface area contributed by atoms with Crippen molar-refractivity contribution in [3.8, 4) is 0 Å². The van der Waals surface area contributed by atoms with Crippen LogP contribution in [0.4, 0.5) is 0 Å². The van der Waals surface area contributed by atoms with Crippen LogP contribution in [-0.4, -0.2) is 36.5 Å². The van der Waals surface area contributed by atoms with Crippen molar-refractivity contribution in [3.05, 3.63) is 11.6 Å². The fourth-order valence-corrected chi connectivity index (χ4v) is 2.37. The Kier molecular flexibility index (Phi) is 2.35. The number of likely N-dealkylation sites (N-methyl/N-ethyl adjacent to an activating group) is 1.